The first-order chi connectivity index (χ1) is 12.0. The summed E-state index contributed by atoms with van der Waals surface area (Å²) in [4.78, 5) is 12.8. The Morgan fingerprint density at radius 3 is 2.60 bits per heavy atom. The second-order valence-corrected chi connectivity index (χ2v) is 7.61. The summed E-state index contributed by atoms with van der Waals surface area (Å²) < 4.78 is 29.5. The Labute approximate surface area is 144 Å². The molecule has 2 heterocycles. The summed E-state index contributed by atoms with van der Waals surface area (Å²) >= 11 is 0. The minimum absolute atomic E-state index is 0.197. The van der Waals surface area contributed by atoms with E-state index in [0.717, 1.165) is 17.2 Å². The topological polar surface area (TPSA) is 82.0 Å². The lowest BCUT2D eigenvalue weighted by atomic mass is 10.2. The summed E-state index contributed by atoms with van der Waals surface area (Å²) in [6, 6.07) is 14.0. The number of nitrogens with zero attached hydrogens (tertiary/aromatic N) is 3. The van der Waals surface area contributed by atoms with E-state index in [1.807, 2.05) is 24.3 Å². The van der Waals surface area contributed by atoms with Crippen molar-refractivity contribution in [2.75, 3.05) is 6.26 Å². The highest BCUT2D eigenvalue weighted by Crippen LogP contribution is 2.29. The van der Waals surface area contributed by atoms with E-state index in [0.29, 0.717) is 22.5 Å². The molecule has 0 atom stereocenters. The third-order valence-electron chi connectivity index (χ3n) is 3.79. The summed E-state index contributed by atoms with van der Waals surface area (Å²) in [7, 11) is -3.33. The van der Waals surface area contributed by atoms with Gasteiger partial charge in [-0.2, -0.15) is 0 Å². The summed E-state index contributed by atoms with van der Waals surface area (Å²) in [5, 5.41) is 1.48. The van der Waals surface area contributed by atoms with Crippen molar-refractivity contribution < 1.29 is 13.2 Å². The number of rotatable bonds is 3. The molecule has 2 aromatic heterocycles. The zero-order valence-corrected chi connectivity index (χ0v) is 14.1. The maximum Gasteiger partial charge on any atom is 0.230 e. The van der Waals surface area contributed by atoms with Gasteiger partial charge in [0.25, 0.3) is 0 Å². The fourth-order valence-corrected chi connectivity index (χ4v) is 3.20. The maximum atomic E-state index is 11.8. The number of benzene rings is 2. The van der Waals surface area contributed by atoms with Crippen molar-refractivity contribution in [3.05, 3.63) is 61.1 Å². The molecule has 4 rings (SSSR count). The average molecular weight is 351 g/mol. The van der Waals surface area contributed by atoms with Gasteiger partial charge in [-0.15, -0.1) is 0 Å². The van der Waals surface area contributed by atoms with Crippen molar-refractivity contribution in [1.29, 1.82) is 0 Å². The molecular formula is C18H13N3O3S. The van der Waals surface area contributed by atoms with Crippen molar-refractivity contribution in [3.8, 4) is 11.6 Å². The molecule has 7 heteroatoms. The number of hydrogen-bond donors (Lipinski definition) is 0. The molecule has 0 radical (unpaired) electrons. The third-order valence-corrected chi connectivity index (χ3v) is 4.90. The molecule has 124 valence electrons. The van der Waals surface area contributed by atoms with Gasteiger partial charge in [-0.1, -0.05) is 6.07 Å². The van der Waals surface area contributed by atoms with E-state index in [9.17, 15) is 8.42 Å². The lowest BCUT2D eigenvalue weighted by Crippen LogP contribution is -1.98. The first-order valence-electron chi connectivity index (χ1n) is 7.48. The van der Waals surface area contributed by atoms with E-state index in [1.54, 1.807) is 18.3 Å². The van der Waals surface area contributed by atoms with E-state index < -0.39 is 9.84 Å². The zero-order valence-electron chi connectivity index (χ0n) is 13.2. The Kier molecular flexibility index (Phi) is 3.58. The van der Waals surface area contributed by atoms with Crippen LogP contribution < -0.4 is 4.74 Å². The molecule has 0 aliphatic rings. The van der Waals surface area contributed by atoms with E-state index in [2.05, 4.69) is 15.0 Å². The molecule has 0 unspecified atom stereocenters. The fourth-order valence-electron chi connectivity index (χ4n) is 2.55. The number of hydrogen-bond acceptors (Lipinski definition) is 6. The normalized spacial score (nSPS) is 11.7. The van der Waals surface area contributed by atoms with Crippen molar-refractivity contribution in [2.24, 2.45) is 0 Å². The minimum Gasteiger partial charge on any atom is -0.438 e. The summed E-state index contributed by atoms with van der Waals surface area (Å²) in [6.07, 6.45) is 4.28. The third kappa shape index (κ3) is 3.01. The van der Waals surface area contributed by atoms with Gasteiger partial charge in [0.15, 0.2) is 9.84 Å². The van der Waals surface area contributed by atoms with Gasteiger partial charge in [-0.25, -0.2) is 18.4 Å². The van der Waals surface area contributed by atoms with Gasteiger partial charge < -0.3 is 4.74 Å². The Bertz CT molecular complexity index is 1210. The molecule has 4 aromatic rings. The Morgan fingerprint density at radius 2 is 1.76 bits per heavy atom. The van der Waals surface area contributed by atoms with Gasteiger partial charge in [0.2, 0.25) is 5.88 Å². The Morgan fingerprint density at radius 1 is 0.920 bits per heavy atom. The van der Waals surface area contributed by atoms with Crippen LogP contribution in [-0.2, 0) is 9.84 Å². The fraction of sp³-hybridized carbons (Fsp3) is 0.0556. The molecule has 0 bridgehead atoms. The van der Waals surface area contributed by atoms with Crippen LogP contribution in [0.1, 0.15) is 0 Å². The van der Waals surface area contributed by atoms with E-state index in [1.165, 1.54) is 18.5 Å². The van der Waals surface area contributed by atoms with Crippen LogP contribution in [0.25, 0.3) is 21.8 Å². The smallest absolute Gasteiger partial charge is 0.230 e. The first-order valence-corrected chi connectivity index (χ1v) is 9.37. The zero-order chi connectivity index (χ0) is 17.4. The highest BCUT2D eigenvalue weighted by atomic mass is 32.2. The van der Waals surface area contributed by atoms with E-state index in [-0.39, 0.29) is 4.90 Å². The highest BCUT2D eigenvalue weighted by Gasteiger charge is 2.12. The largest absolute Gasteiger partial charge is 0.438 e. The van der Waals surface area contributed by atoms with Crippen LogP contribution in [0.15, 0.2) is 66.0 Å². The van der Waals surface area contributed by atoms with Crippen molar-refractivity contribution >= 4 is 31.6 Å². The SMILES string of the molecule is CS(=O)(=O)c1ccc2ncnc(Oc3ccc4ncccc4c3)c2c1. The first kappa shape index (κ1) is 15.5. The summed E-state index contributed by atoms with van der Waals surface area (Å²) in [5.74, 6) is 0.893. The van der Waals surface area contributed by atoms with Crippen molar-refractivity contribution in [3.63, 3.8) is 0 Å². The monoisotopic (exact) mass is 351 g/mol. The van der Waals surface area contributed by atoms with Gasteiger partial charge in [0.05, 0.1) is 21.3 Å². The van der Waals surface area contributed by atoms with Gasteiger partial charge in [-0.3, -0.25) is 4.98 Å². The van der Waals surface area contributed by atoms with Crippen LogP contribution in [0.2, 0.25) is 0 Å². The molecule has 2 aromatic carbocycles. The number of pyridine rings is 1. The highest BCUT2D eigenvalue weighted by molar-refractivity contribution is 7.90. The molecule has 0 N–H and O–H groups in total. The lowest BCUT2D eigenvalue weighted by molar-refractivity contribution is 0.469. The number of sulfone groups is 1. The van der Waals surface area contributed by atoms with E-state index >= 15 is 0 Å². The van der Waals surface area contributed by atoms with E-state index in [4.69, 9.17) is 4.74 Å². The van der Waals surface area contributed by atoms with Crippen LogP contribution in [-0.4, -0.2) is 29.6 Å². The number of aromatic nitrogens is 3. The molecule has 25 heavy (non-hydrogen) atoms. The molecule has 0 fully saturated rings. The molecule has 0 aliphatic carbocycles. The maximum absolute atomic E-state index is 11.8. The van der Waals surface area contributed by atoms with Gasteiger partial charge in [0, 0.05) is 17.8 Å². The van der Waals surface area contributed by atoms with Gasteiger partial charge >= 0.3 is 0 Å². The standard InChI is InChI=1S/C18H13N3O3S/c1-25(22,23)14-5-7-17-15(10-14)18(21-11-20-17)24-13-4-6-16-12(9-13)3-2-8-19-16/h2-11H,1H3. The predicted molar refractivity (Wildman–Crippen MR) is 94.5 cm³/mol. The quantitative estimate of drug-likeness (QED) is 0.563. The van der Waals surface area contributed by atoms with Crippen LogP contribution in [0.5, 0.6) is 11.6 Å². The Hall–Kier alpha value is -3.06. The number of ether oxygens (including phenoxy) is 1. The lowest BCUT2D eigenvalue weighted by Gasteiger charge is -2.09. The molecule has 0 saturated carbocycles. The minimum atomic E-state index is -3.33. The van der Waals surface area contributed by atoms with Crippen LogP contribution in [0.4, 0.5) is 0 Å². The van der Waals surface area contributed by atoms with Crippen molar-refractivity contribution in [2.45, 2.75) is 4.90 Å². The number of fused-ring (bicyclic) bond motifs is 2. The molecule has 0 spiro atoms. The van der Waals surface area contributed by atoms with Crippen LogP contribution in [0, 0.1) is 0 Å². The molecule has 0 aliphatic heterocycles. The van der Waals surface area contributed by atoms with Crippen LogP contribution in [0.3, 0.4) is 0 Å². The molecular weight excluding hydrogens is 338 g/mol. The average Bonchev–Trinajstić information content (AvgIpc) is 2.61. The summed E-state index contributed by atoms with van der Waals surface area (Å²) in [5.41, 5.74) is 1.47. The summed E-state index contributed by atoms with van der Waals surface area (Å²) in [6.45, 7) is 0. The predicted octanol–water partition coefficient (Wildman–Crippen LogP) is 3.37. The van der Waals surface area contributed by atoms with Crippen LogP contribution >= 0.6 is 0 Å². The molecule has 6 nitrogen and oxygen atoms in total. The van der Waals surface area contributed by atoms with Gasteiger partial charge in [-0.05, 0) is 42.5 Å². The molecule has 0 amide bonds. The Balaban J connectivity index is 1.82. The van der Waals surface area contributed by atoms with Gasteiger partial charge in [0.1, 0.15) is 12.1 Å². The van der Waals surface area contributed by atoms with Crippen molar-refractivity contribution in [1.82, 2.24) is 15.0 Å². The second kappa shape index (κ2) is 5.78. The second-order valence-electron chi connectivity index (χ2n) is 5.59. The molecule has 0 saturated heterocycles.